The second-order valence-electron chi connectivity index (χ2n) is 5.02. The van der Waals surface area contributed by atoms with Crippen molar-refractivity contribution in [2.75, 3.05) is 18.6 Å². The summed E-state index contributed by atoms with van der Waals surface area (Å²) >= 11 is 1.80. The fraction of sp³-hybridized carbons (Fsp3) is 0.571. The minimum absolute atomic E-state index is 0.145. The molecule has 0 spiro atoms. The summed E-state index contributed by atoms with van der Waals surface area (Å²) in [5, 5.41) is 3.22. The zero-order valence-corrected chi connectivity index (χ0v) is 12.8. The highest BCUT2D eigenvalue weighted by Gasteiger charge is 2.34. The Bertz CT molecular complexity index is 487. The monoisotopic (exact) mass is 299 g/mol. The predicted molar refractivity (Wildman–Crippen MR) is 81.4 cm³/mol. The summed E-state index contributed by atoms with van der Waals surface area (Å²) in [5.74, 6) is 0.969. The van der Waals surface area contributed by atoms with Crippen LogP contribution in [0.2, 0.25) is 0 Å². The quantitative estimate of drug-likeness (QED) is 0.647. The summed E-state index contributed by atoms with van der Waals surface area (Å²) in [4.78, 5) is 1.26. The number of hydrogen-bond donors (Lipinski definition) is 1. The molecule has 1 aromatic carbocycles. The van der Waals surface area contributed by atoms with Gasteiger partial charge in [-0.25, -0.2) is 8.42 Å². The van der Waals surface area contributed by atoms with Crippen LogP contribution in [0.5, 0.6) is 0 Å². The van der Waals surface area contributed by atoms with E-state index in [9.17, 15) is 8.42 Å². The molecule has 0 saturated heterocycles. The largest absolute Gasteiger partial charge is 0.312 e. The summed E-state index contributed by atoms with van der Waals surface area (Å²) in [7, 11) is -2.91. The smallest absolute Gasteiger partial charge is 0.151 e. The minimum atomic E-state index is -2.91. The van der Waals surface area contributed by atoms with Crippen molar-refractivity contribution in [1.29, 1.82) is 0 Å². The van der Waals surface area contributed by atoms with Gasteiger partial charge in [0.1, 0.15) is 0 Å². The molecule has 1 N–H and O–H groups in total. The molecule has 0 radical (unpaired) electrons. The van der Waals surface area contributed by atoms with Gasteiger partial charge < -0.3 is 5.32 Å². The van der Waals surface area contributed by atoms with Crippen LogP contribution in [0, 0.1) is 0 Å². The van der Waals surface area contributed by atoms with E-state index in [-0.39, 0.29) is 11.3 Å². The van der Waals surface area contributed by atoms with Crippen LogP contribution in [0.3, 0.4) is 0 Å². The first-order valence-electron chi connectivity index (χ1n) is 6.67. The van der Waals surface area contributed by atoms with Gasteiger partial charge in [-0.1, -0.05) is 24.6 Å². The standard InChI is InChI=1S/C14H21NO2S2/c1-19(16,17)14-9-5-8-13(14)15-10-11-18-12-6-3-2-4-7-12/h2-4,6-7,13-15H,5,8-11H2,1H3. The molecule has 0 aliphatic heterocycles. The number of rotatable bonds is 6. The Balaban J connectivity index is 1.74. The van der Waals surface area contributed by atoms with Crippen molar-refractivity contribution in [2.24, 2.45) is 0 Å². The van der Waals surface area contributed by atoms with Crippen molar-refractivity contribution in [3.8, 4) is 0 Å². The van der Waals surface area contributed by atoms with Crippen LogP contribution in [0.1, 0.15) is 19.3 Å². The Kier molecular flexibility index (Phi) is 5.30. The van der Waals surface area contributed by atoms with Gasteiger partial charge in [-0.2, -0.15) is 0 Å². The number of hydrogen-bond acceptors (Lipinski definition) is 4. The molecule has 0 aromatic heterocycles. The van der Waals surface area contributed by atoms with Crippen molar-refractivity contribution in [1.82, 2.24) is 5.32 Å². The highest BCUT2D eigenvalue weighted by atomic mass is 32.2. The molecule has 0 heterocycles. The Morgan fingerprint density at radius 2 is 2.00 bits per heavy atom. The van der Waals surface area contributed by atoms with E-state index in [4.69, 9.17) is 0 Å². The van der Waals surface area contributed by atoms with Gasteiger partial charge in [0.15, 0.2) is 9.84 Å². The van der Waals surface area contributed by atoms with E-state index in [1.165, 1.54) is 11.2 Å². The lowest BCUT2D eigenvalue weighted by Gasteiger charge is -2.19. The first-order chi connectivity index (χ1) is 9.07. The Hall–Kier alpha value is -0.520. The molecule has 2 atom stereocenters. The van der Waals surface area contributed by atoms with Crippen molar-refractivity contribution in [3.05, 3.63) is 30.3 Å². The zero-order chi connectivity index (χ0) is 13.7. The van der Waals surface area contributed by atoms with Crippen LogP contribution in [-0.4, -0.2) is 38.3 Å². The number of benzene rings is 1. The lowest BCUT2D eigenvalue weighted by Crippen LogP contribution is -2.40. The maximum atomic E-state index is 11.7. The van der Waals surface area contributed by atoms with Gasteiger partial charge in [0, 0.05) is 29.5 Å². The molecule has 1 saturated carbocycles. The fourth-order valence-electron chi connectivity index (χ4n) is 2.60. The van der Waals surface area contributed by atoms with Gasteiger partial charge in [-0.15, -0.1) is 11.8 Å². The molecular weight excluding hydrogens is 278 g/mol. The second kappa shape index (κ2) is 6.77. The average molecular weight is 299 g/mol. The lowest BCUT2D eigenvalue weighted by atomic mass is 10.2. The van der Waals surface area contributed by atoms with Gasteiger partial charge in [-0.3, -0.25) is 0 Å². The Morgan fingerprint density at radius 1 is 1.26 bits per heavy atom. The molecule has 2 rings (SSSR count). The summed E-state index contributed by atoms with van der Waals surface area (Å²) in [6.07, 6.45) is 4.16. The van der Waals surface area contributed by atoms with Crippen LogP contribution in [0.15, 0.2) is 35.2 Å². The summed E-state index contributed by atoms with van der Waals surface area (Å²) in [6, 6.07) is 10.4. The van der Waals surface area contributed by atoms with E-state index in [0.717, 1.165) is 31.6 Å². The third kappa shape index (κ3) is 4.51. The maximum absolute atomic E-state index is 11.7. The van der Waals surface area contributed by atoms with Gasteiger partial charge in [0.25, 0.3) is 0 Å². The van der Waals surface area contributed by atoms with E-state index >= 15 is 0 Å². The second-order valence-corrected chi connectivity index (χ2v) is 8.45. The predicted octanol–water partition coefficient (Wildman–Crippen LogP) is 2.33. The molecule has 1 aliphatic rings. The highest BCUT2D eigenvalue weighted by Crippen LogP contribution is 2.25. The van der Waals surface area contributed by atoms with Gasteiger partial charge >= 0.3 is 0 Å². The van der Waals surface area contributed by atoms with E-state index in [1.54, 1.807) is 11.8 Å². The minimum Gasteiger partial charge on any atom is -0.312 e. The van der Waals surface area contributed by atoms with Crippen molar-refractivity contribution in [2.45, 2.75) is 35.4 Å². The van der Waals surface area contributed by atoms with Gasteiger partial charge in [-0.05, 0) is 25.0 Å². The third-order valence-electron chi connectivity index (χ3n) is 3.52. The fourth-order valence-corrected chi connectivity index (χ4v) is 4.83. The lowest BCUT2D eigenvalue weighted by molar-refractivity contribution is 0.522. The molecule has 2 unspecified atom stereocenters. The van der Waals surface area contributed by atoms with E-state index < -0.39 is 9.84 Å². The summed E-state index contributed by atoms with van der Waals surface area (Å²) in [6.45, 7) is 0.857. The first-order valence-corrected chi connectivity index (χ1v) is 9.61. The zero-order valence-electron chi connectivity index (χ0n) is 11.2. The van der Waals surface area contributed by atoms with E-state index in [2.05, 4.69) is 17.4 Å². The molecule has 19 heavy (non-hydrogen) atoms. The van der Waals surface area contributed by atoms with Crippen LogP contribution in [0.25, 0.3) is 0 Å². The highest BCUT2D eigenvalue weighted by molar-refractivity contribution is 7.99. The number of sulfone groups is 1. The van der Waals surface area contributed by atoms with Crippen LogP contribution in [0.4, 0.5) is 0 Å². The molecule has 1 fully saturated rings. The molecule has 0 amide bonds. The molecular formula is C14H21NO2S2. The molecule has 1 aliphatic carbocycles. The summed E-state index contributed by atoms with van der Waals surface area (Å²) < 4.78 is 23.3. The SMILES string of the molecule is CS(=O)(=O)C1CCCC1NCCSc1ccccc1. The average Bonchev–Trinajstić information content (AvgIpc) is 2.84. The molecule has 1 aromatic rings. The Labute approximate surface area is 120 Å². The third-order valence-corrected chi connectivity index (χ3v) is 6.20. The molecule has 106 valence electrons. The normalized spacial score (nSPS) is 23.6. The molecule has 5 heteroatoms. The topological polar surface area (TPSA) is 46.2 Å². The van der Waals surface area contributed by atoms with Crippen molar-refractivity contribution < 1.29 is 8.42 Å². The number of thioether (sulfide) groups is 1. The van der Waals surface area contributed by atoms with Crippen LogP contribution < -0.4 is 5.32 Å². The molecule has 3 nitrogen and oxygen atoms in total. The van der Waals surface area contributed by atoms with E-state index in [1.807, 2.05) is 18.2 Å². The summed E-state index contributed by atoms with van der Waals surface area (Å²) in [5.41, 5.74) is 0. The van der Waals surface area contributed by atoms with E-state index in [0.29, 0.717) is 0 Å². The van der Waals surface area contributed by atoms with Gasteiger partial charge in [0.2, 0.25) is 0 Å². The maximum Gasteiger partial charge on any atom is 0.151 e. The van der Waals surface area contributed by atoms with Gasteiger partial charge in [0.05, 0.1) is 5.25 Å². The van der Waals surface area contributed by atoms with Crippen LogP contribution in [-0.2, 0) is 9.84 Å². The number of nitrogens with one attached hydrogen (secondary N) is 1. The Morgan fingerprint density at radius 3 is 2.68 bits per heavy atom. The first kappa shape index (κ1) is 14.9. The molecule has 0 bridgehead atoms. The van der Waals surface area contributed by atoms with Crippen molar-refractivity contribution >= 4 is 21.6 Å². The van der Waals surface area contributed by atoms with Crippen LogP contribution >= 0.6 is 11.8 Å². The van der Waals surface area contributed by atoms with Crippen molar-refractivity contribution in [3.63, 3.8) is 0 Å².